The molecule has 2 amide bonds. The number of hydrogen-bond donors (Lipinski definition) is 0. The lowest BCUT2D eigenvalue weighted by Gasteiger charge is -2.37. The van der Waals surface area contributed by atoms with Gasteiger partial charge in [0.1, 0.15) is 0 Å². The predicted molar refractivity (Wildman–Crippen MR) is 110 cm³/mol. The Morgan fingerprint density at radius 2 is 1.79 bits per heavy atom. The van der Waals surface area contributed by atoms with Gasteiger partial charge >= 0.3 is 0 Å². The fraction of sp³-hybridized carbons (Fsp3) is 0.375. The van der Waals surface area contributed by atoms with Crippen LogP contribution in [0.15, 0.2) is 41.5 Å². The van der Waals surface area contributed by atoms with Gasteiger partial charge in [0, 0.05) is 22.2 Å². The van der Waals surface area contributed by atoms with E-state index >= 15 is 0 Å². The second kappa shape index (κ2) is 5.70. The lowest BCUT2D eigenvalue weighted by Crippen LogP contribution is -2.40. The van der Waals surface area contributed by atoms with E-state index in [1.54, 1.807) is 6.21 Å². The first-order chi connectivity index (χ1) is 14.1. The van der Waals surface area contributed by atoms with Gasteiger partial charge in [-0.2, -0.15) is 10.1 Å². The monoisotopic (exact) mass is 383 g/mol. The molecule has 1 aliphatic heterocycles. The van der Waals surface area contributed by atoms with Gasteiger partial charge in [0.05, 0.1) is 24.6 Å². The molecule has 1 aromatic carbocycles. The topological polar surface area (TPSA) is 54.7 Å². The number of hydrogen-bond acceptors (Lipinski definition) is 3. The summed E-state index contributed by atoms with van der Waals surface area (Å²) in [7, 11) is 0. The number of hydrazone groups is 1. The minimum Gasteiger partial charge on any atom is -0.333 e. The highest BCUT2D eigenvalue weighted by atomic mass is 16.2. The summed E-state index contributed by atoms with van der Waals surface area (Å²) in [5.41, 5.74) is 2.90. The van der Waals surface area contributed by atoms with Gasteiger partial charge in [0.2, 0.25) is 0 Å². The van der Waals surface area contributed by atoms with E-state index in [1.807, 2.05) is 31.2 Å². The lowest BCUT2D eigenvalue weighted by atomic mass is 9.63. The molecule has 0 N–H and O–H groups in total. The number of carbonyl (C=O) groups is 2. The summed E-state index contributed by atoms with van der Waals surface area (Å²) in [6, 6.07) is 7.98. The molecule has 7 rings (SSSR count). The average Bonchev–Trinajstić information content (AvgIpc) is 3.47. The zero-order chi connectivity index (χ0) is 19.9. The number of terminal acetylenes is 1. The van der Waals surface area contributed by atoms with Gasteiger partial charge in [-0.05, 0) is 43.1 Å². The molecule has 2 saturated carbocycles. The Labute approximate surface area is 169 Å². The molecule has 0 radical (unpaired) electrons. The van der Waals surface area contributed by atoms with Crippen LogP contribution in [0, 0.1) is 54.8 Å². The minimum absolute atomic E-state index is 0.133. The van der Waals surface area contributed by atoms with Gasteiger partial charge in [0.25, 0.3) is 11.8 Å². The standard InChI is InChI=1S/C24H21N3O2/c1-3-10-26-13(2)19(14-6-4-5-7-20(14)26)12-25-27-23(28)21-15-8-9-16(18-11-17(15)18)22(21)24(27)29/h1,4-9,12,15-18,21-22H,10-11H2,2H3/b25-12+. The highest BCUT2D eigenvalue weighted by molar-refractivity contribution is 6.08. The zero-order valence-electron chi connectivity index (χ0n) is 16.2. The van der Waals surface area contributed by atoms with E-state index in [2.05, 4.69) is 27.7 Å². The quantitative estimate of drug-likeness (QED) is 0.354. The van der Waals surface area contributed by atoms with Crippen molar-refractivity contribution in [2.75, 3.05) is 0 Å². The SMILES string of the molecule is C#CCn1c(C)c(/C=N/N2C(=O)C3C4C=CC(C5CC45)C3C2=O)c2ccccc21. The smallest absolute Gasteiger partial charge is 0.254 e. The number of nitrogens with zero attached hydrogens (tertiary/aromatic N) is 3. The molecule has 3 fully saturated rings. The Bertz CT molecular complexity index is 1140. The third kappa shape index (κ3) is 2.09. The summed E-state index contributed by atoms with van der Waals surface area (Å²) in [5.74, 6) is 3.60. The van der Waals surface area contributed by atoms with E-state index in [0.717, 1.165) is 33.6 Å². The molecular weight excluding hydrogens is 362 g/mol. The molecule has 2 aromatic rings. The van der Waals surface area contributed by atoms with Crippen LogP contribution in [0.5, 0.6) is 0 Å². The first kappa shape index (κ1) is 16.8. The van der Waals surface area contributed by atoms with Crippen molar-refractivity contribution >= 4 is 28.9 Å². The van der Waals surface area contributed by atoms with E-state index in [4.69, 9.17) is 6.42 Å². The molecule has 1 aromatic heterocycles. The number of amides is 2. The number of allylic oxidation sites excluding steroid dienone is 2. The van der Waals surface area contributed by atoms with Crippen molar-refractivity contribution < 1.29 is 9.59 Å². The van der Waals surface area contributed by atoms with Crippen LogP contribution in [0.25, 0.3) is 10.9 Å². The first-order valence-electron chi connectivity index (χ1n) is 10.2. The maximum absolute atomic E-state index is 13.1. The predicted octanol–water partition coefficient (Wildman–Crippen LogP) is 2.97. The van der Waals surface area contributed by atoms with Crippen LogP contribution in [0.2, 0.25) is 0 Å². The van der Waals surface area contributed by atoms with Gasteiger partial charge in [-0.3, -0.25) is 9.59 Å². The molecular formula is C24H21N3O2. The molecule has 144 valence electrons. The fourth-order valence-corrected chi connectivity index (χ4v) is 6.09. The molecule has 1 saturated heterocycles. The fourth-order valence-electron chi connectivity index (χ4n) is 6.09. The van der Waals surface area contributed by atoms with E-state index in [9.17, 15) is 9.59 Å². The van der Waals surface area contributed by atoms with Crippen LogP contribution in [-0.4, -0.2) is 27.6 Å². The highest BCUT2D eigenvalue weighted by Crippen LogP contribution is 2.65. The number of imide groups is 1. The second-order valence-electron chi connectivity index (χ2n) is 8.69. The van der Waals surface area contributed by atoms with E-state index in [1.165, 1.54) is 0 Å². The number of fused-ring (bicyclic) bond motifs is 1. The molecule has 5 heteroatoms. The summed E-state index contributed by atoms with van der Waals surface area (Å²) in [6.45, 7) is 2.45. The lowest BCUT2D eigenvalue weighted by molar-refractivity contribution is -0.140. The number of rotatable bonds is 3. The number of aromatic nitrogens is 1. The van der Waals surface area contributed by atoms with Crippen molar-refractivity contribution in [2.24, 2.45) is 40.6 Å². The van der Waals surface area contributed by atoms with Gasteiger partial charge in [-0.1, -0.05) is 36.3 Å². The molecule has 5 aliphatic rings. The largest absolute Gasteiger partial charge is 0.333 e. The Hall–Kier alpha value is -3.13. The van der Waals surface area contributed by atoms with Gasteiger partial charge in [-0.15, -0.1) is 6.42 Å². The van der Waals surface area contributed by atoms with Crippen molar-refractivity contribution in [1.82, 2.24) is 9.58 Å². The number of para-hydroxylation sites is 1. The zero-order valence-corrected chi connectivity index (χ0v) is 16.2. The molecule has 0 spiro atoms. The van der Waals surface area contributed by atoms with Crippen LogP contribution in [-0.2, 0) is 16.1 Å². The molecule has 4 aliphatic carbocycles. The minimum atomic E-state index is -0.220. The Kier molecular flexibility index (Phi) is 3.30. The summed E-state index contributed by atoms with van der Waals surface area (Å²) in [6.07, 6.45) is 12.7. The molecule has 6 unspecified atom stereocenters. The molecule has 2 heterocycles. The van der Waals surface area contributed by atoms with E-state index < -0.39 is 0 Å². The maximum Gasteiger partial charge on any atom is 0.254 e. The van der Waals surface area contributed by atoms with E-state index in [-0.39, 0.29) is 35.5 Å². The van der Waals surface area contributed by atoms with Crippen molar-refractivity contribution in [3.8, 4) is 12.3 Å². The van der Waals surface area contributed by atoms with Crippen molar-refractivity contribution in [3.05, 3.63) is 47.7 Å². The molecule has 2 bridgehead atoms. The van der Waals surface area contributed by atoms with Crippen LogP contribution in [0.1, 0.15) is 17.7 Å². The van der Waals surface area contributed by atoms with E-state index in [0.29, 0.717) is 18.4 Å². The van der Waals surface area contributed by atoms with Crippen LogP contribution in [0.4, 0.5) is 0 Å². The molecule has 5 nitrogen and oxygen atoms in total. The molecule has 6 atom stereocenters. The second-order valence-corrected chi connectivity index (χ2v) is 8.69. The summed E-state index contributed by atoms with van der Waals surface area (Å²) >= 11 is 0. The average molecular weight is 383 g/mol. The first-order valence-corrected chi connectivity index (χ1v) is 10.2. The van der Waals surface area contributed by atoms with Crippen LogP contribution in [0.3, 0.4) is 0 Å². The Balaban J connectivity index is 1.38. The van der Waals surface area contributed by atoms with Crippen LogP contribution < -0.4 is 0 Å². The summed E-state index contributed by atoms with van der Waals surface area (Å²) in [4.78, 5) is 26.2. The third-order valence-corrected chi connectivity index (χ3v) is 7.47. The highest BCUT2D eigenvalue weighted by Gasteiger charge is 2.67. The molecule has 29 heavy (non-hydrogen) atoms. The van der Waals surface area contributed by atoms with Gasteiger partial charge in [0.15, 0.2) is 0 Å². The Morgan fingerprint density at radius 1 is 1.14 bits per heavy atom. The van der Waals surface area contributed by atoms with Crippen molar-refractivity contribution in [1.29, 1.82) is 0 Å². The normalized spacial score (nSPS) is 34.1. The Morgan fingerprint density at radius 3 is 2.45 bits per heavy atom. The van der Waals surface area contributed by atoms with Crippen molar-refractivity contribution in [2.45, 2.75) is 19.9 Å². The number of benzene rings is 1. The maximum atomic E-state index is 13.1. The third-order valence-electron chi connectivity index (χ3n) is 7.47. The van der Waals surface area contributed by atoms with Crippen LogP contribution >= 0.6 is 0 Å². The summed E-state index contributed by atoms with van der Waals surface area (Å²) < 4.78 is 2.06. The van der Waals surface area contributed by atoms with Crippen molar-refractivity contribution in [3.63, 3.8) is 0 Å². The number of carbonyl (C=O) groups excluding carboxylic acids is 2. The van der Waals surface area contributed by atoms with Gasteiger partial charge in [-0.25, -0.2) is 0 Å². The van der Waals surface area contributed by atoms with Gasteiger partial charge < -0.3 is 4.57 Å². The summed E-state index contributed by atoms with van der Waals surface area (Å²) in [5, 5.41) is 6.57.